The number of aromatic nitrogens is 2. The van der Waals surface area contributed by atoms with E-state index in [1.54, 1.807) is 0 Å². The lowest BCUT2D eigenvalue weighted by Gasteiger charge is -2.18. The average molecular weight is 496 g/mol. The molecule has 11 nitrogen and oxygen atoms in total. The fourth-order valence-corrected chi connectivity index (χ4v) is 4.86. The van der Waals surface area contributed by atoms with Crippen molar-refractivity contribution in [3.63, 3.8) is 0 Å². The van der Waals surface area contributed by atoms with E-state index in [0.29, 0.717) is 0 Å². The van der Waals surface area contributed by atoms with Crippen molar-refractivity contribution >= 4 is 19.2 Å². The lowest BCUT2D eigenvalue weighted by molar-refractivity contribution is -0.0548. The Bertz CT molecular complexity index is 1280. The summed E-state index contributed by atoms with van der Waals surface area (Å²) in [5, 5.41) is 20.5. The van der Waals surface area contributed by atoms with Gasteiger partial charge in [0.15, 0.2) is 6.23 Å². The van der Waals surface area contributed by atoms with E-state index in [0.717, 1.165) is 36.7 Å². The lowest BCUT2D eigenvalue weighted by atomic mass is 10.1. The standard InChI is InChI=1S/C20H21N2O9PS/c23-16-8-9-21(19-18(25)17(24)14(31-19)11-30-32(27,28)29)20(26)22(16)10-13-6-7-15(33-13)12-4-2-1-3-5-12/h1-9,14,17-19,24-25H,10-11H2,(H2,27,28,29)/t14-,17+,18+,19-/m1/s1. The van der Waals surface area contributed by atoms with E-state index in [9.17, 15) is 24.4 Å². The first kappa shape index (κ1) is 23.7. The first-order valence-corrected chi connectivity index (χ1v) is 12.2. The molecular formula is C20H21N2O9PS. The second kappa shape index (κ2) is 9.45. The Morgan fingerprint density at radius 1 is 1.03 bits per heavy atom. The molecular weight excluding hydrogens is 475 g/mol. The molecule has 4 N–H and O–H groups in total. The predicted octanol–water partition coefficient (Wildman–Crippen LogP) is 0.515. The van der Waals surface area contributed by atoms with Crippen LogP contribution in [0.15, 0.2) is 64.3 Å². The van der Waals surface area contributed by atoms with E-state index in [1.165, 1.54) is 11.3 Å². The fourth-order valence-electron chi connectivity index (χ4n) is 3.51. The van der Waals surface area contributed by atoms with Crippen LogP contribution in [0.1, 0.15) is 11.1 Å². The number of nitrogens with zero attached hydrogens (tertiary/aromatic N) is 2. The van der Waals surface area contributed by atoms with Gasteiger partial charge in [-0.25, -0.2) is 9.36 Å². The Morgan fingerprint density at radius 3 is 2.45 bits per heavy atom. The van der Waals surface area contributed by atoms with Crippen LogP contribution in [0.25, 0.3) is 10.4 Å². The van der Waals surface area contributed by atoms with Crippen LogP contribution in [-0.4, -0.2) is 54.1 Å². The number of phosphoric acid groups is 1. The Morgan fingerprint density at radius 2 is 1.76 bits per heavy atom. The molecule has 4 rings (SSSR count). The second-order valence-corrected chi connectivity index (χ2v) is 9.80. The molecule has 0 aliphatic carbocycles. The summed E-state index contributed by atoms with van der Waals surface area (Å²) in [5.74, 6) is 0. The van der Waals surface area contributed by atoms with Gasteiger partial charge >= 0.3 is 13.5 Å². The van der Waals surface area contributed by atoms with E-state index in [2.05, 4.69) is 4.52 Å². The van der Waals surface area contributed by atoms with Crippen molar-refractivity contribution in [2.45, 2.75) is 31.1 Å². The van der Waals surface area contributed by atoms with E-state index in [4.69, 9.17) is 14.5 Å². The number of benzene rings is 1. The third-order valence-corrected chi connectivity index (χ3v) is 6.75. The molecule has 33 heavy (non-hydrogen) atoms. The van der Waals surface area contributed by atoms with Gasteiger partial charge in [-0.1, -0.05) is 30.3 Å². The Labute approximate surface area is 191 Å². The number of rotatable bonds is 7. The summed E-state index contributed by atoms with van der Waals surface area (Å²) in [6, 6.07) is 14.5. The molecule has 1 aliphatic heterocycles. The van der Waals surface area contributed by atoms with Crippen molar-refractivity contribution in [2.24, 2.45) is 0 Å². The highest BCUT2D eigenvalue weighted by molar-refractivity contribution is 7.46. The highest BCUT2D eigenvalue weighted by atomic mass is 32.1. The smallest absolute Gasteiger partial charge is 0.387 e. The van der Waals surface area contributed by atoms with Crippen molar-refractivity contribution < 1.29 is 33.8 Å². The molecule has 0 saturated carbocycles. The quantitative estimate of drug-likeness (QED) is 0.342. The van der Waals surface area contributed by atoms with Crippen molar-refractivity contribution in [2.75, 3.05) is 6.61 Å². The van der Waals surface area contributed by atoms with Crippen LogP contribution in [0.4, 0.5) is 0 Å². The summed E-state index contributed by atoms with van der Waals surface area (Å²) in [4.78, 5) is 44.8. The molecule has 176 valence electrons. The fraction of sp³-hybridized carbons (Fsp3) is 0.300. The van der Waals surface area contributed by atoms with Gasteiger partial charge in [-0.2, -0.15) is 0 Å². The SMILES string of the molecule is O=c1ccn([C@@H]2O[C@H](COP(=O)(O)O)[C@H](O)[C@@H]2O)c(=O)n1Cc1ccc(-c2ccccc2)s1. The van der Waals surface area contributed by atoms with Crippen LogP contribution in [-0.2, 0) is 20.4 Å². The Balaban J connectivity index is 1.58. The van der Waals surface area contributed by atoms with Crippen molar-refractivity contribution in [3.05, 3.63) is 80.4 Å². The molecule has 2 aromatic heterocycles. The molecule has 3 aromatic rings. The third kappa shape index (κ3) is 5.24. The number of hydrogen-bond acceptors (Lipinski definition) is 8. The highest BCUT2D eigenvalue weighted by Gasteiger charge is 2.45. The van der Waals surface area contributed by atoms with Crippen molar-refractivity contribution in [1.82, 2.24) is 9.13 Å². The summed E-state index contributed by atoms with van der Waals surface area (Å²) in [7, 11) is -4.82. The van der Waals surface area contributed by atoms with Gasteiger partial charge in [-0.05, 0) is 17.7 Å². The van der Waals surface area contributed by atoms with Crippen molar-refractivity contribution in [1.29, 1.82) is 0 Å². The molecule has 4 atom stereocenters. The van der Waals surface area contributed by atoms with Crippen LogP contribution in [0.2, 0.25) is 0 Å². The number of aliphatic hydroxyl groups is 2. The largest absolute Gasteiger partial charge is 0.469 e. The molecule has 0 unspecified atom stereocenters. The number of phosphoric ester groups is 1. The highest BCUT2D eigenvalue weighted by Crippen LogP contribution is 2.38. The number of hydrogen-bond donors (Lipinski definition) is 4. The molecule has 0 amide bonds. The minimum Gasteiger partial charge on any atom is -0.387 e. The van der Waals surface area contributed by atoms with E-state index in [1.807, 2.05) is 42.5 Å². The van der Waals surface area contributed by atoms with Crippen LogP contribution < -0.4 is 11.2 Å². The molecule has 1 aliphatic rings. The summed E-state index contributed by atoms with van der Waals surface area (Å²) in [5.41, 5.74) is -0.322. The van der Waals surface area contributed by atoms with Gasteiger partial charge < -0.3 is 24.7 Å². The molecule has 1 saturated heterocycles. The molecule has 0 bridgehead atoms. The maximum absolute atomic E-state index is 13.0. The van der Waals surface area contributed by atoms with Crippen LogP contribution >= 0.6 is 19.2 Å². The Hall–Kier alpha value is -2.41. The normalized spacial score (nSPS) is 23.2. The lowest BCUT2D eigenvalue weighted by Crippen LogP contribution is -2.43. The first-order chi connectivity index (χ1) is 15.6. The number of aliphatic hydroxyl groups excluding tert-OH is 2. The summed E-state index contributed by atoms with van der Waals surface area (Å²) >= 11 is 1.43. The van der Waals surface area contributed by atoms with Crippen molar-refractivity contribution in [3.8, 4) is 10.4 Å². The van der Waals surface area contributed by atoms with Gasteiger partial charge in [0.2, 0.25) is 0 Å². The topological polar surface area (TPSA) is 160 Å². The van der Waals surface area contributed by atoms with Crippen LogP contribution in [0.3, 0.4) is 0 Å². The van der Waals surface area contributed by atoms with E-state index >= 15 is 0 Å². The minimum absolute atomic E-state index is 0.00782. The maximum atomic E-state index is 13.0. The molecule has 0 spiro atoms. The second-order valence-electron chi connectivity index (χ2n) is 7.39. The average Bonchev–Trinajstić information content (AvgIpc) is 3.35. The third-order valence-electron chi connectivity index (χ3n) is 5.15. The first-order valence-electron chi connectivity index (χ1n) is 9.82. The van der Waals surface area contributed by atoms with Gasteiger partial charge in [-0.15, -0.1) is 11.3 Å². The summed E-state index contributed by atoms with van der Waals surface area (Å²) in [6.45, 7) is -0.711. The predicted molar refractivity (Wildman–Crippen MR) is 118 cm³/mol. The summed E-state index contributed by atoms with van der Waals surface area (Å²) < 4.78 is 22.6. The van der Waals surface area contributed by atoms with Gasteiger partial charge in [0, 0.05) is 22.0 Å². The van der Waals surface area contributed by atoms with E-state index in [-0.39, 0.29) is 6.54 Å². The van der Waals surface area contributed by atoms with Crippen LogP contribution in [0, 0.1) is 0 Å². The molecule has 0 radical (unpaired) electrons. The maximum Gasteiger partial charge on any atom is 0.469 e. The number of ether oxygens (including phenoxy) is 1. The monoisotopic (exact) mass is 496 g/mol. The molecule has 1 aromatic carbocycles. The zero-order valence-electron chi connectivity index (χ0n) is 17.0. The molecule has 3 heterocycles. The van der Waals surface area contributed by atoms with Gasteiger partial charge in [0.05, 0.1) is 13.2 Å². The minimum atomic E-state index is -4.82. The Kier molecular flexibility index (Phi) is 6.80. The number of thiophene rings is 1. The van der Waals surface area contributed by atoms with Gasteiger partial charge in [0.25, 0.3) is 5.56 Å². The van der Waals surface area contributed by atoms with Crippen LogP contribution in [0.5, 0.6) is 0 Å². The molecule has 13 heteroatoms. The van der Waals surface area contributed by atoms with E-state index < -0.39 is 50.2 Å². The van der Waals surface area contributed by atoms with Gasteiger partial charge in [-0.3, -0.25) is 18.5 Å². The zero-order chi connectivity index (χ0) is 23.8. The molecule has 1 fully saturated rings. The van der Waals surface area contributed by atoms with Gasteiger partial charge in [0.1, 0.15) is 18.3 Å². The zero-order valence-corrected chi connectivity index (χ0v) is 18.7. The summed E-state index contributed by atoms with van der Waals surface area (Å²) in [6.07, 6.45) is -4.70.